The normalized spacial score (nSPS) is 10.6. The highest BCUT2D eigenvalue weighted by molar-refractivity contribution is 9.10. The summed E-state index contributed by atoms with van der Waals surface area (Å²) < 4.78 is 0.895. The summed E-state index contributed by atoms with van der Waals surface area (Å²) in [7, 11) is 1.74. The summed E-state index contributed by atoms with van der Waals surface area (Å²) in [4.78, 5) is 25.9. The summed E-state index contributed by atoms with van der Waals surface area (Å²) in [5.74, 6) is -0.313. The number of nitrogens with one attached hydrogen (secondary N) is 2. The molecule has 0 heterocycles. The second-order valence-electron chi connectivity index (χ2n) is 6.03. The molecule has 2 rings (SSSR count). The molecule has 2 aromatic rings. The summed E-state index contributed by atoms with van der Waals surface area (Å²) in [6, 6.07) is 13.2. The maximum absolute atomic E-state index is 12.2. The predicted octanol–water partition coefficient (Wildman–Crippen LogP) is 3.57. The summed E-state index contributed by atoms with van der Waals surface area (Å²) in [5.41, 5.74) is 3.69. The van der Waals surface area contributed by atoms with Gasteiger partial charge in [-0.1, -0.05) is 34.1 Å². The number of likely N-dealkylation sites (N-methyl/N-ethyl adjacent to an activating group) is 1. The summed E-state index contributed by atoms with van der Waals surface area (Å²) in [6.45, 7) is 4.25. The minimum absolute atomic E-state index is 0.132. The maximum Gasteiger partial charge on any atom is 0.238 e. The van der Waals surface area contributed by atoms with Gasteiger partial charge in [-0.15, -0.1) is 0 Å². The van der Waals surface area contributed by atoms with Gasteiger partial charge in [-0.2, -0.15) is 0 Å². The van der Waals surface area contributed by atoms with E-state index in [1.54, 1.807) is 11.9 Å². The number of hydrogen-bond donors (Lipinski definition) is 2. The number of anilines is 2. The Kier molecular flexibility index (Phi) is 6.73. The van der Waals surface area contributed by atoms with Gasteiger partial charge in [-0.3, -0.25) is 14.5 Å². The van der Waals surface area contributed by atoms with Gasteiger partial charge in [0.15, 0.2) is 0 Å². The number of aryl methyl sites for hydroxylation is 1. The van der Waals surface area contributed by atoms with E-state index in [0.29, 0.717) is 5.69 Å². The molecule has 0 aliphatic heterocycles. The van der Waals surface area contributed by atoms with Crippen molar-refractivity contribution in [2.24, 2.45) is 0 Å². The van der Waals surface area contributed by atoms with Crippen molar-refractivity contribution < 1.29 is 9.59 Å². The molecule has 0 saturated heterocycles. The third-order valence-corrected chi connectivity index (χ3v) is 4.31. The van der Waals surface area contributed by atoms with Crippen LogP contribution in [0, 0.1) is 13.8 Å². The van der Waals surface area contributed by atoms with Crippen molar-refractivity contribution >= 4 is 39.1 Å². The first kappa shape index (κ1) is 19.1. The molecule has 0 fully saturated rings. The Morgan fingerprint density at radius 1 is 1.00 bits per heavy atom. The number of amides is 2. The predicted molar refractivity (Wildman–Crippen MR) is 105 cm³/mol. The van der Waals surface area contributed by atoms with Crippen LogP contribution in [0.1, 0.15) is 11.1 Å². The summed E-state index contributed by atoms with van der Waals surface area (Å²) in [5, 5.41) is 5.70. The standard InChI is InChI=1S/C19H22BrN3O2/c1-13-6-4-9-17(14(13)2)22-19(25)12-23(3)11-18(24)21-16-8-5-7-15(20)10-16/h4-10H,11-12H2,1-3H3,(H,21,24)(H,22,25). The number of benzene rings is 2. The Hall–Kier alpha value is -2.18. The quantitative estimate of drug-likeness (QED) is 0.774. The first-order valence-electron chi connectivity index (χ1n) is 7.95. The molecule has 0 saturated carbocycles. The van der Waals surface area contributed by atoms with Crippen molar-refractivity contribution in [1.29, 1.82) is 0 Å². The van der Waals surface area contributed by atoms with E-state index in [2.05, 4.69) is 26.6 Å². The van der Waals surface area contributed by atoms with Gasteiger partial charge < -0.3 is 10.6 Å². The third kappa shape index (κ3) is 5.99. The maximum atomic E-state index is 12.2. The first-order chi connectivity index (χ1) is 11.8. The molecule has 0 radical (unpaired) electrons. The van der Waals surface area contributed by atoms with Crippen LogP contribution in [0.25, 0.3) is 0 Å². The Morgan fingerprint density at radius 3 is 2.32 bits per heavy atom. The van der Waals surface area contributed by atoms with Crippen molar-refractivity contribution in [2.75, 3.05) is 30.8 Å². The topological polar surface area (TPSA) is 61.4 Å². The lowest BCUT2D eigenvalue weighted by Crippen LogP contribution is -2.36. The van der Waals surface area contributed by atoms with Gasteiger partial charge in [0, 0.05) is 15.8 Å². The van der Waals surface area contributed by atoms with Crippen molar-refractivity contribution in [3.8, 4) is 0 Å². The van der Waals surface area contributed by atoms with Crippen LogP contribution in [0.15, 0.2) is 46.9 Å². The molecule has 0 aliphatic carbocycles. The van der Waals surface area contributed by atoms with E-state index >= 15 is 0 Å². The van der Waals surface area contributed by atoms with Gasteiger partial charge in [0.25, 0.3) is 0 Å². The minimum Gasteiger partial charge on any atom is -0.325 e. The molecule has 0 bridgehead atoms. The number of halogens is 1. The second kappa shape index (κ2) is 8.78. The Labute approximate surface area is 156 Å². The SMILES string of the molecule is Cc1cccc(NC(=O)CN(C)CC(=O)Nc2cccc(Br)c2)c1C. The zero-order valence-electron chi connectivity index (χ0n) is 14.6. The van der Waals surface area contributed by atoms with Crippen LogP contribution in [-0.2, 0) is 9.59 Å². The van der Waals surface area contributed by atoms with E-state index in [4.69, 9.17) is 0 Å². The number of nitrogens with zero attached hydrogens (tertiary/aromatic N) is 1. The van der Waals surface area contributed by atoms with E-state index in [1.807, 2.05) is 56.3 Å². The van der Waals surface area contributed by atoms with Crippen molar-refractivity contribution in [2.45, 2.75) is 13.8 Å². The fourth-order valence-electron chi connectivity index (χ4n) is 2.39. The molecule has 5 nitrogen and oxygen atoms in total. The van der Waals surface area contributed by atoms with Crippen LogP contribution in [0.4, 0.5) is 11.4 Å². The lowest BCUT2D eigenvalue weighted by molar-refractivity contribution is -0.119. The summed E-state index contributed by atoms with van der Waals surface area (Å²) in [6.07, 6.45) is 0. The molecule has 0 aliphatic rings. The molecular formula is C19H22BrN3O2. The van der Waals surface area contributed by atoms with E-state index in [9.17, 15) is 9.59 Å². The van der Waals surface area contributed by atoms with Crippen molar-refractivity contribution in [1.82, 2.24) is 4.90 Å². The van der Waals surface area contributed by atoms with Crippen LogP contribution in [0.2, 0.25) is 0 Å². The number of carbonyl (C=O) groups excluding carboxylic acids is 2. The van der Waals surface area contributed by atoms with Crippen molar-refractivity contribution in [3.05, 3.63) is 58.1 Å². The fraction of sp³-hybridized carbons (Fsp3) is 0.263. The molecular weight excluding hydrogens is 382 g/mol. The highest BCUT2D eigenvalue weighted by atomic mass is 79.9. The van der Waals surface area contributed by atoms with E-state index in [-0.39, 0.29) is 24.9 Å². The lowest BCUT2D eigenvalue weighted by atomic mass is 10.1. The average molecular weight is 404 g/mol. The highest BCUT2D eigenvalue weighted by Crippen LogP contribution is 2.18. The van der Waals surface area contributed by atoms with Crippen LogP contribution in [-0.4, -0.2) is 36.9 Å². The Morgan fingerprint density at radius 2 is 1.64 bits per heavy atom. The zero-order chi connectivity index (χ0) is 18.4. The molecule has 0 atom stereocenters. The molecule has 0 spiro atoms. The largest absolute Gasteiger partial charge is 0.325 e. The zero-order valence-corrected chi connectivity index (χ0v) is 16.2. The molecule has 6 heteroatoms. The van der Waals surface area contributed by atoms with Gasteiger partial charge in [0.1, 0.15) is 0 Å². The van der Waals surface area contributed by atoms with Gasteiger partial charge in [0.05, 0.1) is 13.1 Å². The van der Waals surface area contributed by atoms with E-state index in [0.717, 1.165) is 21.3 Å². The molecule has 2 N–H and O–H groups in total. The first-order valence-corrected chi connectivity index (χ1v) is 8.74. The fourth-order valence-corrected chi connectivity index (χ4v) is 2.79. The highest BCUT2D eigenvalue weighted by Gasteiger charge is 2.12. The van der Waals surface area contributed by atoms with E-state index < -0.39 is 0 Å². The molecule has 2 aromatic carbocycles. The lowest BCUT2D eigenvalue weighted by Gasteiger charge is -2.17. The van der Waals surface area contributed by atoms with Gasteiger partial charge in [-0.25, -0.2) is 0 Å². The Bertz CT molecular complexity index is 777. The van der Waals surface area contributed by atoms with Crippen LogP contribution in [0.5, 0.6) is 0 Å². The molecule has 0 unspecified atom stereocenters. The van der Waals surface area contributed by atoms with Crippen LogP contribution < -0.4 is 10.6 Å². The minimum atomic E-state index is -0.167. The smallest absolute Gasteiger partial charge is 0.238 e. The van der Waals surface area contributed by atoms with E-state index in [1.165, 1.54) is 0 Å². The summed E-state index contributed by atoms with van der Waals surface area (Å²) >= 11 is 3.36. The average Bonchev–Trinajstić information content (AvgIpc) is 2.51. The second-order valence-corrected chi connectivity index (χ2v) is 6.94. The van der Waals surface area contributed by atoms with Gasteiger partial charge in [0.2, 0.25) is 11.8 Å². The molecule has 132 valence electrons. The number of carbonyl (C=O) groups is 2. The number of hydrogen-bond acceptors (Lipinski definition) is 3. The third-order valence-electron chi connectivity index (χ3n) is 3.81. The van der Waals surface area contributed by atoms with Crippen molar-refractivity contribution in [3.63, 3.8) is 0 Å². The van der Waals surface area contributed by atoms with Gasteiger partial charge in [-0.05, 0) is 56.3 Å². The van der Waals surface area contributed by atoms with Crippen LogP contribution in [0.3, 0.4) is 0 Å². The molecule has 2 amide bonds. The Balaban J connectivity index is 1.84. The molecule has 0 aromatic heterocycles. The van der Waals surface area contributed by atoms with Crippen LogP contribution >= 0.6 is 15.9 Å². The molecule has 25 heavy (non-hydrogen) atoms. The monoisotopic (exact) mass is 403 g/mol. The number of rotatable bonds is 6. The van der Waals surface area contributed by atoms with Gasteiger partial charge >= 0.3 is 0 Å².